The van der Waals surface area contributed by atoms with Crippen molar-refractivity contribution in [3.05, 3.63) is 108 Å². The van der Waals surface area contributed by atoms with E-state index in [-0.39, 0.29) is 6.04 Å². The van der Waals surface area contributed by atoms with Gasteiger partial charge < -0.3 is 9.88 Å². The van der Waals surface area contributed by atoms with E-state index < -0.39 is 7.14 Å². The molecule has 0 amide bonds. The van der Waals surface area contributed by atoms with Crippen LogP contribution in [0, 0.1) is 0 Å². The summed E-state index contributed by atoms with van der Waals surface area (Å²) in [4.78, 5) is 0. The Balaban J connectivity index is 2.04. The molecule has 2 nitrogen and oxygen atoms in total. The van der Waals surface area contributed by atoms with E-state index in [4.69, 9.17) is 0 Å². The standard InChI is InChI=1S/C24H26NOP/c1-19(25-20(2)22-13-7-4-8-14-22)21(3)27(26,23-15-9-5-10-16-23)24-17-11-6-12-18-24/h4-18,20,25H,1-3H3/b21-19+/t20-/m0/s1. The van der Waals surface area contributed by atoms with E-state index in [1.165, 1.54) is 5.56 Å². The number of nitrogens with one attached hydrogen (secondary N) is 1. The number of hydrogen-bond acceptors (Lipinski definition) is 2. The monoisotopic (exact) mass is 375 g/mol. The van der Waals surface area contributed by atoms with E-state index in [1.807, 2.05) is 92.7 Å². The number of rotatable bonds is 6. The summed E-state index contributed by atoms with van der Waals surface area (Å²) in [5.41, 5.74) is 2.17. The molecule has 3 aromatic carbocycles. The topological polar surface area (TPSA) is 29.1 Å². The SMILES string of the molecule is C/C(N[C@@H](C)c1ccccc1)=C(/C)P(=O)(c1ccccc1)c1ccccc1. The van der Waals surface area contributed by atoms with Gasteiger partial charge in [-0.15, -0.1) is 0 Å². The Hall–Kier alpha value is -2.57. The van der Waals surface area contributed by atoms with Crippen LogP contribution in [0.5, 0.6) is 0 Å². The molecule has 0 bridgehead atoms. The summed E-state index contributed by atoms with van der Waals surface area (Å²) in [6.45, 7) is 6.14. The van der Waals surface area contributed by atoms with E-state index in [2.05, 4.69) is 24.4 Å². The van der Waals surface area contributed by atoms with Crippen LogP contribution >= 0.6 is 7.14 Å². The van der Waals surface area contributed by atoms with Crippen molar-refractivity contribution in [2.75, 3.05) is 0 Å². The summed E-state index contributed by atoms with van der Waals surface area (Å²) < 4.78 is 14.4. The molecule has 1 atom stereocenters. The van der Waals surface area contributed by atoms with Crippen LogP contribution in [0.2, 0.25) is 0 Å². The molecule has 0 aliphatic heterocycles. The Labute approximate surface area is 162 Å². The maximum absolute atomic E-state index is 14.4. The van der Waals surface area contributed by atoms with Crippen LogP contribution in [-0.4, -0.2) is 0 Å². The van der Waals surface area contributed by atoms with Crippen LogP contribution < -0.4 is 15.9 Å². The first-order chi connectivity index (χ1) is 13.0. The van der Waals surface area contributed by atoms with Gasteiger partial charge in [-0.3, -0.25) is 0 Å². The lowest BCUT2D eigenvalue weighted by Crippen LogP contribution is -2.22. The molecular weight excluding hydrogens is 349 g/mol. The van der Waals surface area contributed by atoms with Crippen molar-refractivity contribution >= 4 is 17.8 Å². The molecule has 0 fully saturated rings. The van der Waals surface area contributed by atoms with Gasteiger partial charge in [0.15, 0.2) is 7.14 Å². The summed E-state index contributed by atoms with van der Waals surface area (Å²) in [6.07, 6.45) is 0. The highest BCUT2D eigenvalue weighted by Gasteiger charge is 2.30. The predicted molar refractivity (Wildman–Crippen MR) is 116 cm³/mol. The molecule has 0 radical (unpaired) electrons. The fourth-order valence-corrected chi connectivity index (χ4v) is 6.10. The van der Waals surface area contributed by atoms with Crippen LogP contribution in [0.25, 0.3) is 0 Å². The van der Waals surface area contributed by atoms with Gasteiger partial charge in [-0.2, -0.15) is 0 Å². The van der Waals surface area contributed by atoms with Crippen molar-refractivity contribution in [2.24, 2.45) is 0 Å². The molecule has 138 valence electrons. The smallest absolute Gasteiger partial charge is 0.168 e. The van der Waals surface area contributed by atoms with E-state index in [0.29, 0.717) is 0 Å². The third-order valence-electron chi connectivity index (χ3n) is 4.99. The maximum Gasteiger partial charge on any atom is 0.168 e. The Morgan fingerprint density at radius 3 is 1.59 bits per heavy atom. The minimum Gasteiger partial charge on any atom is -0.382 e. The third kappa shape index (κ3) is 4.07. The van der Waals surface area contributed by atoms with Crippen LogP contribution in [0.4, 0.5) is 0 Å². The minimum atomic E-state index is -2.90. The molecule has 27 heavy (non-hydrogen) atoms. The van der Waals surface area contributed by atoms with E-state index in [1.54, 1.807) is 0 Å². The Morgan fingerprint density at radius 1 is 0.741 bits per heavy atom. The summed E-state index contributed by atoms with van der Waals surface area (Å²) >= 11 is 0. The lowest BCUT2D eigenvalue weighted by molar-refractivity contribution is 0.589. The number of hydrogen-bond donors (Lipinski definition) is 1. The van der Waals surface area contributed by atoms with Crippen LogP contribution in [0.3, 0.4) is 0 Å². The molecule has 0 unspecified atom stereocenters. The first-order valence-corrected chi connectivity index (χ1v) is 10.9. The third-order valence-corrected chi connectivity index (χ3v) is 8.32. The zero-order valence-electron chi connectivity index (χ0n) is 16.1. The fourth-order valence-electron chi connectivity index (χ4n) is 3.30. The number of allylic oxidation sites excluding steroid dienone is 2. The molecule has 0 heterocycles. The van der Waals surface area contributed by atoms with Gasteiger partial charge in [0.1, 0.15) is 0 Å². The normalized spacial score (nSPS) is 13.6. The van der Waals surface area contributed by atoms with Crippen molar-refractivity contribution in [1.29, 1.82) is 0 Å². The molecule has 0 saturated heterocycles. The average molecular weight is 375 g/mol. The molecule has 3 aromatic rings. The van der Waals surface area contributed by atoms with Crippen LogP contribution in [0.1, 0.15) is 32.4 Å². The molecule has 3 heteroatoms. The first kappa shape index (κ1) is 19.2. The van der Waals surface area contributed by atoms with Gasteiger partial charge in [-0.05, 0) is 26.3 Å². The summed E-state index contributed by atoms with van der Waals surface area (Å²) in [5.74, 6) is 0. The highest BCUT2D eigenvalue weighted by Crippen LogP contribution is 2.52. The van der Waals surface area contributed by atoms with Gasteiger partial charge in [0.2, 0.25) is 0 Å². The lowest BCUT2D eigenvalue weighted by atomic mass is 10.1. The minimum absolute atomic E-state index is 0.140. The second kappa shape index (κ2) is 8.41. The quantitative estimate of drug-likeness (QED) is 0.568. The van der Waals surface area contributed by atoms with Gasteiger partial charge in [0.05, 0.1) is 0 Å². The fraction of sp³-hybridized carbons (Fsp3) is 0.167. The van der Waals surface area contributed by atoms with Crippen molar-refractivity contribution in [3.63, 3.8) is 0 Å². The second-order valence-corrected chi connectivity index (χ2v) is 9.69. The average Bonchev–Trinajstić information content (AvgIpc) is 2.74. The molecule has 0 aliphatic rings. The Morgan fingerprint density at radius 2 is 1.15 bits per heavy atom. The highest BCUT2D eigenvalue weighted by molar-refractivity contribution is 7.82. The van der Waals surface area contributed by atoms with E-state index in [0.717, 1.165) is 21.6 Å². The summed E-state index contributed by atoms with van der Waals surface area (Å²) in [5, 5.41) is 6.17. The molecule has 0 aromatic heterocycles. The molecule has 1 N–H and O–H groups in total. The maximum atomic E-state index is 14.4. The molecule has 0 saturated carbocycles. The Bertz CT molecular complexity index is 906. The van der Waals surface area contributed by atoms with Crippen LogP contribution in [0.15, 0.2) is 102 Å². The first-order valence-electron chi connectivity index (χ1n) is 9.24. The van der Waals surface area contributed by atoms with E-state index >= 15 is 0 Å². The van der Waals surface area contributed by atoms with Crippen molar-refractivity contribution < 1.29 is 4.57 Å². The van der Waals surface area contributed by atoms with Gasteiger partial charge in [0.25, 0.3) is 0 Å². The van der Waals surface area contributed by atoms with Crippen molar-refractivity contribution in [2.45, 2.75) is 26.8 Å². The van der Waals surface area contributed by atoms with Crippen molar-refractivity contribution in [1.82, 2.24) is 5.32 Å². The van der Waals surface area contributed by atoms with Gasteiger partial charge >= 0.3 is 0 Å². The molecule has 0 spiro atoms. The highest BCUT2D eigenvalue weighted by atomic mass is 31.2. The summed E-state index contributed by atoms with van der Waals surface area (Å²) in [6, 6.07) is 30.0. The van der Waals surface area contributed by atoms with E-state index in [9.17, 15) is 4.57 Å². The molecule has 3 rings (SSSR count). The largest absolute Gasteiger partial charge is 0.382 e. The predicted octanol–water partition coefficient (Wildman–Crippen LogP) is 5.60. The lowest BCUT2D eigenvalue weighted by Gasteiger charge is -2.25. The van der Waals surface area contributed by atoms with Crippen molar-refractivity contribution in [3.8, 4) is 0 Å². The van der Waals surface area contributed by atoms with Crippen LogP contribution in [-0.2, 0) is 4.57 Å². The van der Waals surface area contributed by atoms with Gasteiger partial charge in [-0.1, -0.05) is 91.0 Å². The number of benzene rings is 3. The zero-order valence-corrected chi connectivity index (χ0v) is 17.0. The Kier molecular flexibility index (Phi) is 5.98. The second-order valence-electron chi connectivity index (χ2n) is 6.77. The molecule has 0 aliphatic carbocycles. The zero-order chi connectivity index (χ0) is 19.3. The van der Waals surface area contributed by atoms with Gasteiger partial charge in [-0.25, -0.2) is 0 Å². The summed E-state index contributed by atoms with van der Waals surface area (Å²) in [7, 11) is -2.90. The molecular formula is C24H26NOP. The van der Waals surface area contributed by atoms with Gasteiger partial charge in [0, 0.05) is 27.7 Å².